The van der Waals surface area contributed by atoms with Gasteiger partial charge in [0.2, 0.25) is 0 Å². The van der Waals surface area contributed by atoms with Crippen molar-refractivity contribution in [3.63, 3.8) is 0 Å². The molecule has 22 heavy (non-hydrogen) atoms. The van der Waals surface area contributed by atoms with Crippen LogP contribution in [-0.4, -0.2) is 17.2 Å². The molecule has 0 heterocycles. The van der Waals surface area contributed by atoms with E-state index in [0.717, 1.165) is 4.47 Å². The average molecular weight is 467 g/mol. The van der Waals surface area contributed by atoms with Crippen LogP contribution >= 0.6 is 55.1 Å². The normalized spacial score (nSPS) is 10.9. The van der Waals surface area contributed by atoms with Gasteiger partial charge in [0.1, 0.15) is 5.75 Å². The molecule has 2 rings (SSSR count). The van der Waals surface area contributed by atoms with Gasteiger partial charge in [-0.1, -0.05) is 39.1 Å². The first-order valence-electron chi connectivity index (χ1n) is 5.85. The maximum absolute atomic E-state index is 12.0. The van der Waals surface area contributed by atoms with E-state index in [1.165, 1.54) is 18.3 Å². The van der Waals surface area contributed by atoms with Gasteiger partial charge in [0.15, 0.2) is 0 Å². The highest BCUT2D eigenvalue weighted by Gasteiger charge is 2.10. The van der Waals surface area contributed by atoms with Gasteiger partial charge in [-0.25, -0.2) is 5.43 Å². The highest BCUT2D eigenvalue weighted by atomic mass is 79.9. The lowest BCUT2D eigenvalue weighted by Crippen LogP contribution is -2.18. The van der Waals surface area contributed by atoms with E-state index >= 15 is 0 Å². The maximum atomic E-state index is 12.0. The average Bonchev–Trinajstić information content (AvgIpc) is 2.43. The van der Waals surface area contributed by atoms with Crippen molar-refractivity contribution in [3.8, 4) is 5.75 Å². The van der Waals surface area contributed by atoms with Crippen molar-refractivity contribution in [2.75, 3.05) is 0 Å². The van der Waals surface area contributed by atoms with Crippen LogP contribution in [0.5, 0.6) is 5.75 Å². The fourth-order valence-corrected chi connectivity index (χ4v) is 3.33. The Hall–Kier alpha value is -1.08. The van der Waals surface area contributed by atoms with Crippen molar-refractivity contribution in [1.29, 1.82) is 0 Å². The number of hydrazone groups is 1. The molecule has 0 aromatic heterocycles. The molecule has 4 nitrogen and oxygen atoms in total. The number of carbonyl (C=O) groups excluding carboxylic acids is 1. The molecule has 2 N–H and O–H groups in total. The Morgan fingerprint density at radius 2 is 1.95 bits per heavy atom. The van der Waals surface area contributed by atoms with Crippen molar-refractivity contribution in [2.45, 2.75) is 0 Å². The summed E-state index contributed by atoms with van der Waals surface area (Å²) in [5, 5.41) is 14.3. The van der Waals surface area contributed by atoms with Crippen LogP contribution in [0.4, 0.5) is 0 Å². The SMILES string of the molecule is O=C(N/N=C\c1cc(Br)cc(Br)c1O)c1ccc(Cl)cc1Cl. The van der Waals surface area contributed by atoms with Crippen molar-refractivity contribution in [1.82, 2.24) is 5.43 Å². The van der Waals surface area contributed by atoms with E-state index < -0.39 is 5.91 Å². The lowest BCUT2D eigenvalue weighted by molar-refractivity contribution is 0.0955. The molecular formula is C14H8Br2Cl2N2O2. The summed E-state index contributed by atoms with van der Waals surface area (Å²) in [4.78, 5) is 12.0. The second-order valence-electron chi connectivity index (χ2n) is 4.15. The Bertz CT molecular complexity index is 767. The van der Waals surface area contributed by atoms with Crippen molar-refractivity contribution >= 4 is 67.2 Å². The lowest BCUT2D eigenvalue weighted by atomic mass is 10.2. The lowest BCUT2D eigenvalue weighted by Gasteiger charge is -2.04. The molecule has 2 aromatic carbocycles. The molecule has 0 bridgehead atoms. The fourth-order valence-electron chi connectivity index (χ4n) is 1.58. The molecule has 2 aromatic rings. The smallest absolute Gasteiger partial charge is 0.272 e. The molecule has 8 heteroatoms. The van der Waals surface area contributed by atoms with Crippen molar-refractivity contribution in [2.24, 2.45) is 5.10 Å². The topological polar surface area (TPSA) is 61.7 Å². The molecule has 0 atom stereocenters. The Morgan fingerprint density at radius 1 is 1.23 bits per heavy atom. The maximum Gasteiger partial charge on any atom is 0.272 e. The van der Waals surface area contributed by atoms with Crippen LogP contribution < -0.4 is 5.43 Å². The van der Waals surface area contributed by atoms with Gasteiger partial charge in [0.05, 0.1) is 21.3 Å². The molecule has 114 valence electrons. The second-order valence-corrected chi connectivity index (χ2v) is 6.76. The van der Waals surface area contributed by atoms with E-state index in [-0.39, 0.29) is 16.3 Å². The summed E-state index contributed by atoms with van der Waals surface area (Å²) in [6, 6.07) is 7.88. The predicted octanol–water partition coefficient (Wildman–Crippen LogP) is 4.99. The summed E-state index contributed by atoms with van der Waals surface area (Å²) >= 11 is 18.2. The van der Waals surface area contributed by atoms with Gasteiger partial charge < -0.3 is 5.11 Å². The van der Waals surface area contributed by atoms with Crippen molar-refractivity contribution < 1.29 is 9.90 Å². The monoisotopic (exact) mass is 464 g/mol. The van der Waals surface area contributed by atoms with Crippen LogP contribution in [0.1, 0.15) is 15.9 Å². The zero-order valence-corrected chi connectivity index (χ0v) is 15.5. The van der Waals surface area contributed by atoms with E-state index in [1.54, 1.807) is 18.2 Å². The molecule has 0 aliphatic carbocycles. The third-order valence-electron chi connectivity index (χ3n) is 2.60. The molecule has 0 spiro atoms. The Labute approximate surface area is 153 Å². The van der Waals surface area contributed by atoms with Gasteiger partial charge in [0, 0.05) is 15.1 Å². The Kier molecular flexibility index (Phi) is 5.86. The molecular weight excluding hydrogens is 459 g/mol. The van der Waals surface area contributed by atoms with Crippen molar-refractivity contribution in [3.05, 3.63) is 60.4 Å². The van der Waals surface area contributed by atoms with Crippen LogP contribution in [-0.2, 0) is 0 Å². The summed E-state index contributed by atoms with van der Waals surface area (Å²) in [6.45, 7) is 0. The minimum atomic E-state index is -0.480. The van der Waals surface area contributed by atoms with E-state index in [4.69, 9.17) is 23.2 Å². The molecule has 0 aliphatic heterocycles. The molecule has 0 fully saturated rings. The highest BCUT2D eigenvalue weighted by molar-refractivity contribution is 9.11. The molecule has 0 radical (unpaired) electrons. The number of nitrogens with one attached hydrogen (secondary N) is 1. The number of hydrogen-bond acceptors (Lipinski definition) is 3. The number of carbonyl (C=O) groups is 1. The largest absolute Gasteiger partial charge is 0.506 e. The number of amides is 1. The Morgan fingerprint density at radius 3 is 2.64 bits per heavy atom. The zero-order valence-electron chi connectivity index (χ0n) is 10.8. The van der Waals surface area contributed by atoms with Gasteiger partial charge in [-0.3, -0.25) is 4.79 Å². The number of nitrogens with zero attached hydrogens (tertiary/aromatic N) is 1. The summed E-state index contributed by atoms with van der Waals surface area (Å²) in [7, 11) is 0. The van der Waals surface area contributed by atoms with Gasteiger partial charge in [-0.2, -0.15) is 5.10 Å². The molecule has 0 saturated heterocycles. The minimum Gasteiger partial charge on any atom is -0.506 e. The van der Waals surface area contributed by atoms with E-state index in [0.29, 0.717) is 15.1 Å². The van der Waals surface area contributed by atoms with Crippen LogP contribution in [0.2, 0.25) is 10.0 Å². The molecule has 0 unspecified atom stereocenters. The highest BCUT2D eigenvalue weighted by Crippen LogP contribution is 2.30. The number of rotatable bonds is 3. The number of phenolic OH excluding ortho intramolecular Hbond substituents is 1. The second kappa shape index (κ2) is 7.46. The first-order valence-corrected chi connectivity index (χ1v) is 8.19. The minimum absolute atomic E-state index is 0.0192. The number of hydrogen-bond donors (Lipinski definition) is 2. The Balaban J connectivity index is 2.14. The number of phenols is 1. The van der Waals surface area contributed by atoms with Gasteiger partial charge in [-0.15, -0.1) is 0 Å². The standard InChI is InChI=1S/C14H8Br2Cl2N2O2/c15-8-3-7(13(21)11(16)4-8)6-19-20-14(22)10-2-1-9(17)5-12(10)18/h1-6,21H,(H,20,22)/b19-6-. The summed E-state index contributed by atoms with van der Waals surface area (Å²) < 4.78 is 1.26. The number of benzene rings is 2. The van der Waals surface area contributed by atoms with Gasteiger partial charge in [-0.05, 0) is 46.3 Å². The fraction of sp³-hybridized carbons (Fsp3) is 0. The first-order chi connectivity index (χ1) is 10.4. The molecule has 0 aliphatic rings. The van der Waals surface area contributed by atoms with E-state index in [1.807, 2.05) is 0 Å². The van der Waals surface area contributed by atoms with Crippen LogP contribution in [0.25, 0.3) is 0 Å². The third kappa shape index (κ3) is 4.23. The third-order valence-corrected chi connectivity index (χ3v) is 4.21. The van der Waals surface area contributed by atoms with E-state index in [2.05, 4.69) is 42.4 Å². The van der Waals surface area contributed by atoms with Crippen LogP contribution in [0.3, 0.4) is 0 Å². The van der Waals surface area contributed by atoms with Crippen LogP contribution in [0.15, 0.2) is 44.4 Å². The van der Waals surface area contributed by atoms with Crippen LogP contribution in [0, 0.1) is 0 Å². The first kappa shape index (κ1) is 17.3. The van der Waals surface area contributed by atoms with E-state index in [9.17, 15) is 9.90 Å². The number of halogens is 4. The molecule has 1 amide bonds. The summed E-state index contributed by atoms with van der Waals surface area (Å²) in [6.07, 6.45) is 1.33. The van der Waals surface area contributed by atoms with Gasteiger partial charge in [0.25, 0.3) is 5.91 Å². The zero-order chi connectivity index (χ0) is 16.3. The number of aromatic hydroxyl groups is 1. The van der Waals surface area contributed by atoms with Gasteiger partial charge >= 0.3 is 0 Å². The summed E-state index contributed by atoms with van der Waals surface area (Å²) in [5.41, 5.74) is 3.02. The molecule has 0 saturated carbocycles. The summed E-state index contributed by atoms with van der Waals surface area (Å²) in [5.74, 6) is -0.461. The quantitative estimate of drug-likeness (QED) is 0.494. The predicted molar refractivity (Wildman–Crippen MR) is 95.0 cm³/mol.